The molecular weight excluding hydrogens is 318 g/mol. The highest BCUT2D eigenvalue weighted by Crippen LogP contribution is 2.28. The fourth-order valence-electron chi connectivity index (χ4n) is 2.37. The predicted octanol–water partition coefficient (Wildman–Crippen LogP) is 2.59. The lowest BCUT2D eigenvalue weighted by molar-refractivity contribution is 0.0384. The van der Waals surface area contributed by atoms with E-state index in [1.165, 1.54) is 11.1 Å². The summed E-state index contributed by atoms with van der Waals surface area (Å²) in [6, 6.07) is 6.46. The van der Waals surface area contributed by atoms with Crippen molar-refractivity contribution in [3.05, 3.63) is 33.8 Å². The average Bonchev–Trinajstić information content (AvgIpc) is 2.47. The molecule has 1 aromatic carbocycles. The lowest BCUT2D eigenvalue weighted by Gasteiger charge is -2.27. The summed E-state index contributed by atoms with van der Waals surface area (Å²) in [7, 11) is 0. The Balaban J connectivity index is 1.99. The number of hydrogen-bond acceptors (Lipinski definition) is 3. The van der Waals surface area contributed by atoms with Crippen LogP contribution in [-0.2, 0) is 16.6 Å². The smallest absolute Gasteiger partial charge is 0.0594 e. The lowest BCUT2D eigenvalue weighted by Crippen LogP contribution is -2.37. The molecule has 0 saturated carbocycles. The van der Waals surface area contributed by atoms with E-state index in [1.807, 2.05) is 0 Å². The Morgan fingerprint density at radius 1 is 1.30 bits per heavy atom. The van der Waals surface area contributed by atoms with Crippen LogP contribution in [0, 0.1) is 0 Å². The molecule has 0 bridgehead atoms. The van der Waals surface area contributed by atoms with Gasteiger partial charge >= 0.3 is 0 Å². The molecule has 112 valence electrons. The van der Waals surface area contributed by atoms with Gasteiger partial charge in [-0.15, -0.1) is 0 Å². The summed E-state index contributed by atoms with van der Waals surface area (Å²) in [6.45, 7) is 9.12. The maximum absolute atomic E-state index is 9.45. The van der Waals surface area contributed by atoms with E-state index in [4.69, 9.17) is 4.74 Å². The minimum absolute atomic E-state index is 0.159. The van der Waals surface area contributed by atoms with Crippen LogP contribution in [-0.4, -0.2) is 49.5 Å². The Morgan fingerprint density at radius 2 is 2.00 bits per heavy atom. The number of nitrogens with zero attached hydrogens (tertiary/aromatic N) is 1. The van der Waals surface area contributed by atoms with Gasteiger partial charge in [-0.1, -0.05) is 41.9 Å². The molecule has 0 amide bonds. The Kier molecular flexibility index (Phi) is 5.61. The second kappa shape index (κ2) is 7.03. The Bertz CT molecular complexity index is 442. The Morgan fingerprint density at radius 3 is 2.60 bits per heavy atom. The monoisotopic (exact) mass is 341 g/mol. The van der Waals surface area contributed by atoms with Gasteiger partial charge in [0.1, 0.15) is 0 Å². The van der Waals surface area contributed by atoms with E-state index in [9.17, 15) is 5.11 Å². The van der Waals surface area contributed by atoms with Crippen molar-refractivity contribution in [1.29, 1.82) is 0 Å². The number of ether oxygens (including phenoxy) is 1. The van der Waals surface area contributed by atoms with Crippen LogP contribution < -0.4 is 0 Å². The maximum atomic E-state index is 9.45. The van der Waals surface area contributed by atoms with Crippen LogP contribution in [0.4, 0.5) is 0 Å². The first-order valence-corrected chi connectivity index (χ1v) is 8.02. The third-order valence-corrected chi connectivity index (χ3v) is 4.77. The van der Waals surface area contributed by atoms with E-state index in [1.54, 1.807) is 0 Å². The number of halogens is 1. The molecule has 20 heavy (non-hydrogen) atoms. The molecular formula is C16H24BrNO2. The summed E-state index contributed by atoms with van der Waals surface area (Å²) in [5.41, 5.74) is 2.31. The molecule has 1 heterocycles. The minimum Gasteiger partial charge on any atom is -0.395 e. The van der Waals surface area contributed by atoms with Crippen LogP contribution in [0.15, 0.2) is 22.7 Å². The summed E-state index contributed by atoms with van der Waals surface area (Å²) >= 11 is 3.67. The summed E-state index contributed by atoms with van der Waals surface area (Å²) in [4.78, 5) is 2.45. The largest absolute Gasteiger partial charge is 0.395 e. The van der Waals surface area contributed by atoms with Gasteiger partial charge in [0.15, 0.2) is 0 Å². The van der Waals surface area contributed by atoms with Gasteiger partial charge in [-0.05, 0) is 23.6 Å². The first-order chi connectivity index (χ1) is 9.53. The molecule has 0 aliphatic carbocycles. The van der Waals surface area contributed by atoms with Crippen molar-refractivity contribution in [2.45, 2.75) is 25.7 Å². The van der Waals surface area contributed by atoms with Crippen molar-refractivity contribution < 1.29 is 9.84 Å². The van der Waals surface area contributed by atoms with E-state index in [0.29, 0.717) is 0 Å². The molecule has 2 rings (SSSR count). The fraction of sp³-hybridized carbons (Fsp3) is 0.625. The van der Waals surface area contributed by atoms with Crippen molar-refractivity contribution in [1.82, 2.24) is 4.90 Å². The second-order valence-electron chi connectivity index (χ2n) is 6.05. The van der Waals surface area contributed by atoms with E-state index < -0.39 is 0 Å². The highest BCUT2D eigenvalue weighted by atomic mass is 79.9. The van der Waals surface area contributed by atoms with E-state index in [0.717, 1.165) is 43.7 Å². The third kappa shape index (κ3) is 4.04. The van der Waals surface area contributed by atoms with Gasteiger partial charge in [0.25, 0.3) is 0 Å². The quantitative estimate of drug-likeness (QED) is 0.893. The maximum Gasteiger partial charge on any atom is 0.0594 e. The molecule has 1 aliphatic heterocycles. The lowest BCUT2D eigenvalue weighted by atomic mass is 9.85. The van der Waals surface area contributed by atoms with Gasteiger partial charge in [0, 0.05) is 29.5 Å². The molecule has 3 nitrogen and oxygen atoms in total. The minimum atomic E-state index is -0.189. The van der Waals surface area contributed by atoms with Crippen LogP contribution in [0.1, 0.15) is 25.0 Å². The number of benzene rings is 1. The van der Waals surface area contributed by atoms with Crippen molar-refractivity contribution in [3.8, 4) is 0 Å². The highest BCUT2D eigenvalue weighted by Gasteiger charge is 2.20. The molecule has 0 aromatic heterocycles. The molecule has 1 aliphatic rings. The molecule has 0 radical (unpaired) electrons. The number of morpholine rings is 1. The zero-order valence-corrected chi connectivity index (χ0v) is 13.9. The third-order valence-electron chi connectivity index (χ3n) is 4.03. The number of aliphatic hydroxyl groups is 1. The summed E-state index contributed by atoms with van der Waals surface area (Å²) < 4.78 is 6.51. The van der Waals surface area contributed by atoms with Gasteiger partial charge in [0.05, 0.1) is 19.8 Å². The molecule has 1 saturated heterocycles. The number of rotatable bonds is 5. The van der Waals surface area contributed by atoms with Crippen LogP contribution in [0.5, 0.6) is 0 Å². The van der Waals surface area contributed by atoms with E-state index >= 15 is 0 Å². The Labute approximate surface area is 130 Å². The van der Waals surface area contributed by atoms with Gasteiger partial charge in [-0.3, -0.25) is 4.90 Å². The van der Waals surface area contributed by atoms with Crippen LogP contribution >= 0.6 is 15.9 Å². The number of hydrogen-bond donors (Lipinski definition) is 1. The van der Waals surface area contributed by atoms with Gasteiger partial charge in [-0.25, -0.2) is 0 Å². The molecule has 0 unspecified atom stereocenters. The summed E-state index contributed by atoms with van der Waals surface area (Å²) in [5, 5.41) is 9.45. The van der Waals surface area contributed by atoms with Crippen LogP contribution in [0.3, 0.4) is 0 Å². The van der Waals surface area contributed by atoms with E-state index in [2.05, 4.69) is 52.9 Å². The van der Waals surface area contributed by atoms with Crippen molar-refractivity contribution in [2.24, 2.45) is 0 Å². The molecule has 4 heteroatoms. The zero-order valence-electron chi connectivity index (χ0n) is 12.4. The fourth-order valence-corrected chi connectivity index (χ4v) is 2.94. The molecule has 0 atom stereocenters. The van der Waals surface area contributed by atoms with Crippen molar-refractivity contribution >= 4 is 15.9 Å². The molecule has 0 spiro atoms. The van der Waals surface area contributed by atoms with Gasteiger partial charge in [0.2, 0.25) is 0 Å². The highest BCUT2D eigenvalue weighted by molar-refractivity contribution is 9.10. The normalized spacial score (nSPS) is 17.4. The number of aliphatic hydroxyl groups excluding tert-OH is 1. The SMILES string of the molecule is CC(C)(CO)c1ccc(CCN2CCOCC2)c(Br)c1. The predicted molar refractivity (Wildman–Crippen MR) is 85.2 cm³/mol. The second-order valence-corrected chi connectivity index (χ2v) is 6.91. The van der Waals surface area contributed by atoms with Crippen LogP contribution in [0.25, 0.3) is 0 Å². The molecule has 1 N–H and O–H groups in total. The average molecular weight is 342 g/mol. The Hall–Kier alpha value is -0.420. The van der Waals surface area contributed by atoms with Crippen LogP contribution in [0.2, 0.25) is 0 Å². The van der Waals surface area contributed by atoms with Gasteiger partial charge in [-0.2, -0.15) is 0 Å². The van der Waals surface area contributed by atoms with E-state index in [-0.39, 0.29) is 12.0 Å². The molecule has 1 fully saturated rings. The van der Waals surface area contributed by atoms with Gasteiger partial charge < -0.3 is 9.84 Å². The summed E-state index contributed by atoms with van der Waals surface area (Å²) in [6.07, 6.45) is 1.04. The van der Waals surface area contributed by atoms with Crippen molar-refractivity contribution in [2.75, 3.05) is 39.5 Å². The first kappa shape index (κ1) is 16.0. The first-order valence-electron chi connectivity index (χ1n) is 7.23. The summed E-state index contributed by atoms with van der Waals surface area (Å²) in [5.74, 6) is 0. The zero-order chi connectivity index (χ0) is 14.6. The van der Waals surface area contributed by atoms with Crippen molar-refractivity contribution in [3.63, 3.8) is 0 Å². The standard InChI is InChI=1S/C16H24BrNO2/c1-16(2,12-19)14-4-3-13(15(17)11-14)5-6-18-7-9-20-10-8-18/h3-4,11,19H,5-10,12H2,1-2H3. The molecule has 1 aromatic rings. The topological polar surface area (TPSA) is 32.7 Å².